The van der Waals surface area contributed by atoms with E-state index in [9.17, 15) is 0 Å². The van der Waals surface area contributed by atoms with Crippen LogP contribution >= 0.6 is 0 Å². The SMILES string of the molecule is CN=C(NCc1ccc(-n2ccnc2C)nc1)N1CCc2cc(OC)c(OC)cc2C1. The third-order valence-electron chi connectivity index (χ3n) is 5.56. The van der Waals surface area contributed by atoms with Crippen molar-refractivity contribution >= 4 is 5.96 Å². The molecule has 0 amide bonds. The number of benzene rings is 1. The standard InChI is InChI=1S/C23H28N6O2/c1-16-25-8-10-29(16)22-6-5-17(13-26-22)14-27-23(24-2)28-9-7-18-11-20(30-3)21(31-4)12-19(18)15-28/h5-6,8,10-13H,7,9,14-15H2,1-4H3,(H,24,27). The fourth-order valence-electron chi connectivity index (χ4n) is 3.86. The zero-order valence-electron chi connectivity index (χ0n) is 18.4. The van der Waals surface area contributed by atoms with Crippen molar-refractivity contribution in [1.82, 2.24) is 24.8 Å². The van der Waals surface area contributed by atoms with Gasteiger partial charge in [0.15, 0.2) is 17.5 Å². The molecule has 0 radical (unpaired) electrons. The highest BCUT2D eigenvalue weighted by molar-refractivity contribution is 5.80. The highest BCUT2D eigenvalue weighted by Crippen LogP contribution is 2.33. The van der Waals surface area contributed by atoms with Gasteiger partial charge < -0.3 is 19.7 Å². The van der Waals surface area contributed by atoms with Crippen LogP contribution in [0.25, 0.3) is 5.82 Å². The number of nitrogens with zero attached hydrogens (tertiary/aromatic N) is 5. The first-order valence-electron chi connectivity index (χ1n) is 10.3. The quantitative estimate of drug-likeness (QED) is 0.505. The number of nitrogens with one attached hydrogen (secondary N) is 1. The largest absolute Gasteiger partial charge is 0.493 e. The highest BCUT2D eigenvalue weighted by atomic mass is 16.5. The molecule has 162 valence electrons. The van der Waals surface area contributed by atoms with Crippen LogP contribution in [0.4, 0.5) is 0 Å². The first-order chi connectivity index (χ1) is 15.1. The molecule has 31 heavy (non-hydrogen) atoms. The van der Waals surface area contributed by atoms with E-state index in [1.165, 1.54) is 11.1 Å². The number of pyridine rings is 1. The second-order valence-electron chi connectivity index (χ2n) is 7.42. The van der Waals surface area contributed by atoms with Gasteiger partial charge >= 0.3 is 0 Å². The summed E-state index contributed by atoms with van der Waals surface area (Å²) < 4.78 is 12.9. The van der Waals surface area contributed by atoms with Crippen molar-refractivity contribution in [3.05, 3.63) is 65.4 Å². The molecule has 0 saturated carbocycles. The number of imidazole rings is 1. The van der Waals surface area contributed by atoms with Crippen molar-refractivity contribution in [3.63, 3.8) is 0 Å². The van der Waals surface area contributed by atoms with Gasteiger partial charge in [-0.2, -0.15) is 0 Å². The predicted molar refractivity (Wildman–Crippen MR) is 120 cm³/mol. The summed E-state index contributed by atoms with van der Waals surface area (Å²) in [5.74, 6) is 4.18. The minimum atomic E-state index is 0.651. The normalized spacial score (nSPS) is 13.7. The fourth-order valence-corrected chi connectivity index (χ4v) is 3.86. The molecular formula is C23H28N6O2. The number of fused-ring (bicyclic) bond motifs is 1. The number of aromatic nitrogens is 3. The summed E-state index contributed by atoms with van der Waals surface area (Å²) in [6.07, 6.45) is 6.50. The molecule has 8 heteroatoms. The monoisotopic (exact) mass is 420 g/mol. The Morgan fingerprint density at radius 1 is 1.13 bits per heavy atom. The Bertz CT molecular complexity index is 1070. The number of hydrogen-bond acceptors (Lipinski definition) is 5. The van der Waals surface area contributed by atoms with E-state index in [1.54, 1.807) is 20.4 Å². The second kappa shape index (κ2) is 9.07. The fraction of sp³-hybridized carbons (Fsp3) is 0.348. The van der Waals surface area contributed by atoms with E-state index in [0.29, 0.717) is 6.54 Å². The van der Waals surface area contributed by atoms with Crippen LogP contribution in [0.15, 0.2) is 47.8 Å². The van der Waals surface area contributed by atoms with Crippen molar-refractivity contribution in [2.24, 2.45) is 4.99 Å². The number of rotatable bonds is 5. The lowest BCUT2D eigenvalue weighted by atomic mass is 9.99. The van der Waals surface area contributed by atoms with Crippen molar-refractivity contribution in [3.8, 4) is 17.3 Å². The average Bonchev–Trinajstić information content (AvgIpc) is 3.24. The molecule has 1 aliphatic heterocycles. The maximum Gasteiger partial charge on any atom is 0.194 e. The van der Waals surface area contributed by atoms with Gasteiger partial charge in [0.1, 0.15) is 11.6 Å². The van der Waals surface area contributed by atoms with E-state index in [0.717, 1.165) is 54.2 Å². The van der Waals surface area contributed by atoms with Crippen molar-refractivity contribution < 1.29 is 9.47 Å². The van der Waals surface area contributed by atoms with E-state index in [-0.39, 0.29) is 0 Å². The Hall–Kier alpha value is -3.55. The molecule has 0 fully saturated rings. The molecule has 3 aromatic rings. The van der Waals surface area contributed by atoms with Gasteiger partial charge in [-0.25, -0.2) is 9.97 Å². The summed E-state index contributed by atoms with van der Waals surface area (Å²) in [5.41, 5.74) is 3.61. The summed E-state index contributed by atoms with van der Waals surface area (Å²) >= 11 is 0. The number of hydrogen-bond donors (Lipinski definition) is 1. The van der Waals surface area contributed by atoms with Gasteiger partial charge in [0.05, 0.1) is 14.2 Å². The molecule has 8 nitrogen and oxygen atoms in total. The molecule has 0 saturated heterocycles. The van der Waals surface area contributed by atoms with E-state index < -0.39 is 0 Å². The molecule has 1 aromatic carbocycles. The third-order valence-corrected chi connectivity index (χ3v) is 5.56. The van der Waals surface area contributed by atoms with E-state index in [4.69, 9.17) is 9.47 Å². The first-order valence-corrected chi connectivity index (χ1v) is 10.3. The van der Waals surface area contributed by atoms with E-state index >= 15 is 0 Å². The van der Waals surface area contributed by atoms with Gasteiger partial charge in [0.25, 0.3) is 0 Å². The Kier molecular flexibility index (Phi) is 6.06. The molecule has 4 rings (SSSR count). The number of methoxy groups -OCH3 is 2. The Morgan fingerprint density at radius 2 is 1.90 bits per heavy atom. The number of aryl methyl sites for hydroxylation is 1. The Labute approximate surface area is 182 Å². The summed E-state index contributed by atoms with van der Waals surface area (Å²) in [7, 11) is 5.15. The van der Waals surface area contributed by atoms with Crippen LogP contribution in [-0.4, -0.2) is 53.2 Å². The van der Waals surface area contributed by atoms with Gasteiger partial charge in [-0.1, -0.05) is 6.07 Å². The topological polar surface area (TPSA) is 76.8 Å². The van der Waals surface area contributed by atoms with Crippen LogP contribution in [0.1, 0.15) is 22.5 Å². The van der Waals surface area contributed by atoms with Gasteiger partial charge in [0, 0.05) is 45.3 Å². The van der Waals surface area contributed by atoms with Crippen LogP contribution in [0.3, 0.4) is 0 Å². The molecule has 2 aromatic heterocycles. The van der Waals surface area contributed by atoms with E-state index in [1.807, 2.05) is 37.0 Å². The number of aliphatic imine (C=N–C) groups is 1. The van der Waals surface area contributed by atoms with Crippen molar-refractivity contribution in [2.75, 3.05) is 27.8 Å². The predicted octanol–water partition coefficient (Wildman–Crippen LogP) is 2.73. The lowest BCUT2D eigenvalue weighted by Gasteiger charge is -2.32. The molecule has 0 spiro atoms. The zero-order chi connectivity index (χ0) is 21.8. The molecular weight excluding hydrogens is 392 g/mol. The average molecular weight is 421 g/mol. The number of ether oxygens (including phenoxy) is 2. The minimum absolute atomic E-state index is 0.651. The molecule has 0 aliphatic carbocycles. The highest BCUT2D eigenvalue weighted by Gasteiger charge is 2.21. The summed E-state index contributed by atoms with van der Waals surface area (Å²) in [6, 6.07) is 8.22. The molecule has 3 heterocycles. The maximum atomic E-state index is 5.47. The van der Waals surface area contributed by atoms with Crippen molar-refractivity contribution in [2.45, 2.75) is 26.4 Å². The third kappa shape index (κ3) is 4.33. The van der Waals surface area contributed by atoms with Crippen LogP contribution in [-0.2, 0) is 19.5 Å². The lowest BCUT2D eigenvalue weighted by Crippen LogP contribution is -2.43. The zero-order valence-corrected chi connectivity index (χ0v) is 18.4. The summed E-state index contributed by atoms with van der Waals surface area (Å²) in [5, 5.41) is 3.46. The lowest BCUT2D eigenvalue weighted by molar-refractivity contribution is 0.346. The van der Waals surface area contributed by atoms with Gasteiger partial charge in [-0.3, -0.25) is 9.56 Å². The summed E-state index contributed by atoms with van der Waals surface area (Å²) in [6.45, 7) is 4.27. The van der Waals surface area contributed by atoms with Crippen LogP contribution in [0, 0.1) is 6.92 Å². The molecule has 1 N–H and O–H groups in total. The number of guanidine groups is 1. The summed E-state index contributed by atoms with van der Waals surface area (Å²) in [4.78, 5) is 15.6. The van der Waals surface area contributed by atoms with Crippen LogP contribution in [0.5, 0.6) is 11.5 Å². The van der Waals surface area contributed by atoms with E-state index in [2.05, 4.69) is 43.4 Å². The van der Waals surface area contributed by atoms with Crippen LogP contribution in [0.2, 0.25) is 0 Å². The molecule has 0 unspecified atom stereocenters. The van der Waals surface area contributed by atoms with Gasteiger partial charge in [-0.15, -0.1) is 0 Å². The minimum Gasteiger partial charge on any atom is -0.493 e. The first kappa shape index (κ1) is 20.7. The van der Waals surface area contributed by atoms with Gasteiger partial charge in [0.2, 0.25) is 0 Å². The smallest absolute Gasteiger partial charge is 0.194 e. The Balaban J connectivity index is 1.42. The Morgan fingerprint density at radius 3 is 2.52 bits per heavy atom. The molecule has 0 atom stereocenters. The molecule has 0 bridgehead atoms. The second-order valence-corrected chi connectivity index (χ2v) is 7.42. The molecule has 1 aliphatic rings. The van der Waals surface area contributed by atoms with Gasteiger partial charge in [-0.05, 0) is 48.2 Å². The van der Waals surface area contributed by atoms with Crippen LogP contribution < -0.4 is 14.8 Å². The van der Waals surface area contributed by atoms with Crippen molar-refractivity contribution in [1.29, 1.82) is 0 Å². The maximum absolute atomic E-state index is 5.47.